The average Bonchev–Trinajstić information content (AvgIpc) is 3.65. The van der Waals surface area contributed by atoms with Crippen molar-refractivity contribution in [2.75, 3.05) is 0 Å². The van der Waals surface area contributed by atoms with Gasteiger partial charge in [-0.3, -0.25) is 0 Å². The monoisotopic (exact) mass is 747 g/mol. The van der Waals surface area contributed by atoms with Gasteiger partial charge < -0.3 is 4.57 Å². The lowest BCUT2D eigenvalue weighted by atomic mass is 10.0. The molecule has 55 heavy (non-hydrogen) atoms. The maximum atomic E-state index is 13.8. The lowest BCUT2D eigenvalue weighted by Gasteiger charge is -2.16. The van der Waals surface area contributed by atoms with Crippen molar-refractivity contribution in [3.63, 3.8) is 0 Å². The first kappa shape index (κ1) is 38.3. The van der Waals surface area contributed by atoms with Crippen molar-refractivity contribution in [3.8, 4) is 29.0 Å². The molecule has 7 aromatic rings. The zero-order valence-electron chi connectivity index (χ0n) is 30.1. The number of nitriles is 2. The SMILES string of the molecule is Cc1ccc2c(c1)-c1cc(C)ccc1C2.Cc1ccc2c(c1)c1cc(C)ccc1n2-c1ccc(C#N)cc1C(F)(F)F.N#Cc1ccc(F)c(C(F)(F)F)c1. The van der Waals surface area contributed by atoms with Gasteiger partial charge in [-0.1, -0.05) is 70.8 Å². The van der Waals surface area contributed by atoms with Gasteiger partial charge in [0.2, 0.25) is 0 Å². The van der Waals surface area contributed by atoms with E-state index in [0.717, 1.165) is 40.5 Å². The highest BCUT2D eigenvalue weighted by Gasteiger charge is 2.35. The molecule has 10 heteroatoms. The van der Waals surface area contributed by atoms with Crippen LogP contribution in [0.5, 0.6) is 0 Å². The Balaban J connectivity index is 0.000000155. The van der Waals surface area contributed by atoms with E-state index in [0.29, 0.717) is 23.2 Å². The van der Waals surface area contributed by atoms with Crippen LogP contribution in [0.2, 0.25) is 0 Å². The minimum absolute atomic E-state index is 0.0152. The summed E-state index contributed by atoms with van der Waals surface area (Å²) >= 11 is 0. The van der Waals surface area contributed by atoms with Crippen molar-refractivity contribution in [3.05, 3.63) is 171 Å². The molecular weight excluding hydrogens is 716 g/mol. The maximum absolute atomic E-state index is 13.8. The molecule has 1 aliphatic carbocycles. The smallest absolute Gasteiger partial charge is 0.309 e. The number of benzene rings is 6. The summed E-state index contributed by atoms with van der Waals surface area (Å²) < 4.78 is 91.5. The molecule has 0 spiro atoms. The van der Waals surface area contributed by atoms with Crippen LogP contribution in [0.25, 0.3) is 38.6 Å². The van der Waals surface area contributed by atoms with Crippen LogP contribution in [0.1, 0.15) is 55.6 Å². The molecule has 0 N–H and O–H groups in total. The maximum Gasteiger partial charge on any atom is 0.419 e. The number of nitrogens with zero attached hydrogens (tertiary/aromatic N) is 3. The van der Waals surface area contributed by atoms with Crippen LogP contribution in [0.15, 0.2) is 109 Å². The summed E-state index contributed by atoms with van der Waals surface area (Å²) in [6.45, 7) is 8.24. The van der Waals surface area contributed by atoms with Gasteiger partial charge >= 0.3 is 12.4 Å². The quantitative estimate of drug-likeness (QED) is 0.157. The van der Waals surface area contributed by atoms with Crippen LogP contribution in [0, 0.1) is 56.2 Å². The van der Waals surface area contributed by atoms with E-state index in [2.05, 4.69) is 50.2 Å². The Morgan fingerprint density at radius 1 is 0.509 bits per heavy atom. The molecule has 0 bridgehead atoms. The number of halogens is 7. The van der Waals surface area contributed by atoms with Gasteiger partial charge in [-0.05, 0) is 117 Å². The molecule has 0 aliphatic heterocycles. The zero-order chi connectivity index (χ0) is 39.8. The van der Waals surface area contributed by atoms with E-state index in [4.69, 9.17) is 10.5 Å². The first-order valence-electron chi connectivity index (χ1n) is 17.1. The van der Waals surface area contributed by atoms with Crippen molar-refractivity contribution in [1.82, 2.24) is 4.57 Å². The highest BCUT2D eigenvalue weighted by atomic mass is 19.4. The Labute approximate surface area is 313 Å². The molecule has 8 rings (SSSR count). The predicted octanol–water partition coefficient (Wildman–Crippen LogP) is 12.9. The minimum Gasteiger partial charge on any atom is -0.309 e. The minimum atomic E-state index is -4.75. The molecule has 0 atom stereocenters. The van der Waals surface area contributed by atoms with E-state index in [1.54, 1.807) is 10.6 Å². The summed E-state index contributed by atoms with van der Waals surface area (Å²) in [5, 5.41) is 19.1. The molecule has 3 nitrogen and oxygen atoms in total. The number of alkyl halides is 6. The molecule has 0 saturated heterocycles. The Bertz CT molecular complexity index is 2580. The lowest BCUT2D eigenvalue weighted by Crippen LogP contribution is -2.11. The van der Waals surface area contributed by atoms with Gasteiger partial charge in [0.1, 0.15) is 5.82 Å². The Morgan fingerprint density at radius 3 is 1.38 bits per heavy atom. The van der Waals surface area contributed by atoms with Gasteiger partial charge in [0, 0.05) is 10.8 Å². The molecule has 1 heterocycles. The van der Waals surface area contributed by atoms with E-state index in [1.165, 1.54) is 51.6 Å². The third kappa shape index (κ3) is 7.95. The summed E-state index contributed by atoms with van der Waals surface area (Å²) in [5.41, 5.74) is 9.58. The largest absolute Gasteiger partial charge is 0.419 e. The summed E-state index contributed by atoms with van der Waals surface area (Å²) in [5.74, 6) is -1.37. The fraction of sp³-hybridized carbons (Fsp3) is 0.156. The normalized spacial score (nSPS) is 11.8. The van der Waals surface area contributed by atoms with E-state index in [1.807, 2.05) is 50.2 Å². The van der Waals surface area contributed by atoms with E-state index < -0.39 is 29.3 Å². The van der Waals surface area contributed by atoms with Crippen LogP contribution >= 0.6 is 0 Å². The number of fused-ring (bicyclic) bond motifs is 6. The van der Waals surface area contributed by atoms with Crippen LogP contribution in [-0.2, 0) is 18.8 Å². The second kappa shape index (κ2) is 14.8. The summed E-state index contributed by atoms with van der Waals surface area (Å²) in [6, 6.07) is 34.1. The Hall–Kier alpha value is -6.39. The standard InChI is InChI=1S/C22H15F3N2.C15H14.C8H3F4N/c1-13-3-6-19-16(9-13)17-10-14(2)4-7-20(17)27(19)21-8-5-15(12-26)11-18(21)22(23,24)25;1-10-3-5-12-9-13-6-4-11(2)8-15(13)14(12)7-10;9-7-2-1-5(4-13)3-6(7)8(10,11)12/h3-11H,1-2H3;3-8H,9H2,1-2H3;1-3H. The molecule has 0 saturated carbocycles. The molecule has 0 amide bonds. The van der Waals surface area contributed by atoms with Gasteiger partial charge in [-0.2, -0.15) is 36.9 Å². The number of hydrogen-bond donors (Lipinski definition) is 0. The van der Waals surface area contributed by atoms with Crippen molar-refractivity contribution in [1.29, 1.82) is 10.5 Å². The van der Waals surface area contributed by atoms with Crippen molar-refractivity contribution < 1.29 is 30.7 Å². The topological polar surface area (TPSA) is 52.5 Å². The summed E-state index contributed by atoms with van der Waals surface area (Å²) in [6.07, 6.45) is -8.22. The highest BCUT2D eigenvalue weighted by Crippen LogP contribution is 2.40. The lowest BCUT2D eigenvalue weighted by molar-refractivity contribution is -0.140. The van der Waals surface area contributed by atoms with Crippen LogP contribution in [-0.4, -0.2) is 4.57 Å². The number of hydrogen-bond acceptors (Lipinski definition) is 2. The van der Waals surface area contributed by atoms with E-state index >= 15 is 0 Å². The molecule has 0 radical (unpaired) electrons. The zero-order valence-corrected chi connectivity index (χ0v) is 30.1. The first-order chi connectivity index (χ1) is 26.0. The Kier molecular flexibility index (Phi) is 10.3. The summed E-state index contributed by atoms with van der Waals surface area (Å²) in [7, 11) is 0. The van der Waals surface area contributed by atoms with Gasteiger partial charge in [0.05, 0.1) is 51.1 Å². The van der Waals surface area contributed by atoms with Crippen molar-refractivity contribution >= 4 is 21.8 Å². The fourth-order valence-corrected chi connectivity index (χ4v) is 6.75. The molecule has 6 aromatic carbocycles. The van der Waals surface area contributed by atoms with Crippen LogP contribution < -0.4 is 0 Å². The third-order valence-electron chi connectivity index (χ3n) is 9.35. The van der Waals surface area contributed by atoms with Gasteiger partial charge in [-0.25, -0.2) is 4.39 Å². The molecule has 0 unspecified atom stereocenters. The molecule has 0 fully saturated rings. The van der Waals surface area contributed by atoms with E-state index in [-0.39, 0.29) is 16.8 Å². The fourth-order valence-electron chi connectivity index (χ4n) is 6.75. The van der Waals surface area contributed by atoms with Gasteiger partial charge in [-0.15, -0.1) is 0 Å². The van der Waals surface area contributed by atoms with Crippen LogP contribution in [0.4, 0.5) is 30.7 Å². The van der Waals surface area contributed by atoms with Crippen molar-refractivity contribution in [2.24, 2.45) is 0 Å². The first-order valence-corrected chi connectivity index (χ1v) is 17.1. The third-order valence-corrected chi connectivity index (χ3v) is 9.35. The Morgan fingerprint density at radius 2 is 0.927 bits per heavy atom. The van der Waals surface area contributed by atoms with Gasteiger partial charge in [0.15, 0.2) is 0 Å². The summed E-state index contributed by atoms with van der Waals surface area (Å²) in [4.78, 5) is 0. The number of aryl methyl sites for hydroxylation is 4. The molecule has 1 aliphatic rings. The van der Waals surface area contributed by atoms with Gasteiger partial charge in [0.25, 0.3) is 0 Å². The van der Waals surface area contributed by atoms with Crippen molar-refractivity contribution in [2.45, 2.75) is 46.5 Å². The average molecular weight is 748 g/mol. The van der Waals surface area contributed by atoms with E-state index in [9.17, 15) is 30.7 Å². The number of aromatic nitrogens is 1. The predicted molar refractivity (Wildman–Crippen MR) is 200 cm³/mol. The molecule has 276 valence electrons. The van der Waals surface area contributed by atoms with Crippen LogP contribution in [0.3, 0.4) is 0 Å². The molecular formula is C45H32F7N3. The number of rotatable bonds is 1. The molecule has 1 aromatic heterocycles. The second-order valence-electron chi connectivity index (χ2n) is 13.5. The highest BCUT2D eigenvalue weighted by molar-refractivity contribution is 6.09. The second-order valence-corrected chi connectivity index (χ2v) is 13.5.